The first kappa shape index (κ1) is 23.7. The van der Waals surface area contributed by atoms with Crippen molar-refractivity contribution in [2.24, 2.45) is 0 Å². The first-order valence-electron chi connectivity index (χ1n) is 10.5. The summed E-state index contributed by atoms with van der Waals surface area (Å²) in [4.78, 5) is 53.0. The summed E-state index contributed by atoms with van der Waals surface area (Å²) >= 11 is 6.24. The molecule has 174 valence electrons. The second kappa shape index (κ2) is 9.40. The second-order valence-corrected chi connectivity index (χ2v) is 9.54. The Morgan fingerprint density at radius 2 is 1.68 bits per heavy atom. The van der Waals surface area contributed by atoms with Gasteiger partial charge in [-0.15, -0.1) is 0 Å². The van der Waals surface area contributed by atoms with Crippen LogP contribution in [0.25, 0.3) is 5.57 Å². The van der Waals surface area contributed by atoms with E-state index in [0.717, 1.165) is 22.9 Å². The number of carboxylic acid groups (broad SMARTS) is 1. The molecule has 2 heterocycles. The van der Waals surface area contributed by atoms with Gasteiger partial charge in [0.15, 0.2) is 0 Å². The number of anilines is 2. The van der Waals surface area contributed by atoms with Crippen LogP contribution in [0.3, 0.4) is 0 Å². The lowest BCUT2D eigenvalue weighted by Crippen LogP contribution is -2.36. The highest BCUT2D eigenvalue weighted by Crippen LogP contribution is 2.44. The number of para-hydroxylation sites is 2. The van der Waals surface area contributed by atoms with Gasteiger partial charge in [0, 0.05) is 17.8 Å². The van der Waals surface area contributed by atoms with E-state index in [4.69, 9.17) is 17.3 Å². The summed E-state index contributed by atoms with van der Waals surface area (Å²) in [7, 11) is 0. The number of nitrogens with one attached hydrogen (secondary N) is 1. The highest BCUT2D eigenvalue weighted by Gasteiger charge is 2.42. The zero-order valence-corrected chi connectivity index (χ0v) is 20.1. The van der Waals surface area contributed by atoms with E-state index < -0.39 is 17.8 Å². The number of fused-ring (bicyclic) bond motifs is 1. The second-order valence-electron chi connectivity index (χ2n) is 7.90. The summed E-state index contributed by atoms with van der Waals surface area (Å²) in [5.41, 5.74) is 3.75. The van der Waals surface area contributed by atoms with Gasteiger partial charge in [-0.2, -0.15) is 0 Å². The summed E-state index contributed by atoms with van der Waals surface area (Å²) < 4.78 is 0.199. The van der Waals surface area contributed by atoms with E-state index in [0.29, 0.717) is 16.9 Å². The van der Waals surface area contributed by atoms with Crippen molar-refractivity contribution in [1.29, 1.82) is 0 Å². The van der Waals surface area contributed by atoms with Crippen molar-refractivity contribution in [3.05, 3.63) is 64.1 Å². The third kappa shape index (κ3) is 4.34. The molecule has 0 radical (unpaired) electrons. The number of thiocarbonyl (C=S) groups is 1. The number of amides is 3. The van der Waals surface area contributed by atoms with Crippen molar-refractivity contribution >= 4 is 68.9 Å². The monoisotopic (exact) mass is 495 g/mol. The van der Waals surface area contributed by atoms with E-state index in [9.17, 15) is 19.2 Å². The van der Waals surface area contributed by atoms with Crippen LogP contribution in [0.5, 0.6) is 0 Å². The third-order valence-electron chi connectivity index (χ3n) is 5.60. The van der Waals surface area contributed by atoms with E-state index in [1.807, 2.05) is 32.0 Å². The molecule has 2 aromatic carbocycles. The molecule has 0 aromatic heterocycles. The lowest BCUT2D eigenvalue weighted by atomic mass is 10.1. The highest BCUT2D eigenvalue weighted by atomic mass is 32.2. The predicted molar refractivity (Wildman–Crippen MR) is 134 cm³/mol. The Hall–Kier alpha value is -3.50. The SMILES string of the molecule is Cc1cccc(C)c1NC(=O)CN1C(=O)/C(=C2\SC(=S)N(CCC(=O)O)C2=O)c2ccccc21. The molecule has 2 N–H and O–H groups in total. The van der Waals surface area contributed by atoms with Crippen molar-refractivity contribution in [1.82, 2.24) is 4.90 Å². The van der Waals surface area contributed by atoms with Gasteiger partial charge in [0.1, 0.15) is 10.9 Å². The summed E-state index contributed by atoms with van der Waals surface area (Å²) in [5, 5.41) is 11.8. The Balaban J connectivity index is 1.64. The molecule has 3 amide bonds. The van der Waals surface area contributed by atoms with E-state index in [1.54, 1.807) is 24.3 Å². The minimum absolute atomic E-state index is 0.0749. The van der Waals surface area contributed by atoms with Crippen LogP contribution in [0.15, 0.2) is 47.4 Å². The molecule has 2 aromatic rings. The van der Waals surface area contributed by atoms with E-state index in [-0.39, 0.29) is 40.2 Å². The molecule has 2 aliphatic rings. The molecule has 0 aliphatic carbocycles. The molecule has 1 fully saturated rings. The van der Waals surface area contributed by atoms with Gasteiger partial charge >= 0.3 is 5.97 Å². The lowest BCUT2D eigenvalue weighted by molar-refractivity contribution is -0.137. The molecule has 0 spiro atoms. The van der Waals surface area contributed by atoms with Crippen molar-refractivity contribution in [2.45, 2.75) is 20.3 Å². The maximum absolute atomic E-state index is 13.5. The Kier molecular flexibility index (Phi) is 6.54. The van der Waals surface area contributed by atoms with Gasteiger partial charge in [-0.05, 0) is 31.0 Å². The number of carbonyl (C=O) groups excluding carboxylic acids is 3. The van der Waals surface area contributed by atoms with Gasteiger partial charge in [-0.25, -0.2) is 0 Å². The van der Waals surface area contributed by atoms with Gasteiger partial charge in [-0.3, -0.25) is 29.0 Å². The minimum Gasteiger partial charge on any atom is -0.481 e. The topological polar surface area (TPSA) is 107 Å². The Bertz CT molecular complexity index is 1270. The Morgan fingerprint density at radius 3 is 2.35 bits per heavy atom. The average molecular weight is 496 g/mol. The van der Waals surface area contributed by atoms with Crippen molar-refractivity contribution in [2.75, 3.05) is 23.3 Å². The van der Waals surface area contributed by atoms with Crippen LogP contribution < -0.4 is 10.2 Å². The first-order chi connectivity index (χ1) is 16.2. The number of rotatable bonds is 6. The highest BCUT2D eigenvalue weighted by molar-refractivity contribution is 8.26. The largest absolute Gasteiger partial charge is 0.481 e. The number of carbonyl (C=O) groups is 4. The zero-order chi connectivity index (χ0) is 24.6. The number of benzene rings is 2. The molecule has 4 rings (SSSR count). The maximum atomic E-state index is 13.5. The fourth-order valence-electron chi connectivity index (χ4n) is 3.94. The number of aryl methyl sites for hydroxylation is 2. The molecule has 2 aliphatic heterocycles. The Morgan fingerprint density at radius 1 is 1.00 bits per heavy atom. The summed E-state index contributed by atoms with van der Waals surface area (Å²) in [6.45, 7) is 3.48. The average Bonchev–Trinajstić information content (AvgIpc) is 3.21. The minimum atomic E-state index is -1.05. The molecule has 0 saturated carbocycles. The van der Waals surface area contributed by atoms with Gasteiger partial charge in [0.05, 0.1) is 22.6 Å². The third-order valence-corrected chi connectivity index (χ3v) is 7.04. The van der Waals surface area contributed by atoms with E-state index >= 15 is 0 Å². The van der Waals surface area contributed by atoms with Gasteiger partial charge in [0.2, 0.25) is 5.91 Å². The standard InChI is InChI=1S/C24H21N3O5S2/c1-13-6-5-7-14(2)20(13)25-17(28)12-27-16-9-4-3-8-15(16)19(22(27)31)21-23(32)26(24(33)34-21)11-10-18(29)30/h3-9H,10-12H2,1-2H3,(H,25,28)(H,29,30)/b21-19-. The van der Waals surface area contributed by atoms with Crippen LogP contribution >= 0.6 is 24.0 Å². The van der Waals surface area contributed by atoms with E-state index in [1.165, 1.54) is 9.80 Å². The molecule has 34 heavy (non-hydrogen) atoms. The molecule has 0 unspecified atom stereocenters. The molecule has 0 atom stereocenters. The molecular weight excluding hydrogens is 474 g/mol. The normalized spacial score (nSPS) is 17.4. The van der Waals surface area contributed by atoms with Crippen LogP contribution in [0, 0.1) is 13.8 Å². The number of nitrogens with zero attached hydrogens (tertiary/aromatic N) is 2. The summed E-state index contributed by atoms with van der Waals surface area (Å²) in [6.07, 6.45) is -0.260. The molecule has 8 nitrogen and oxygen atoms in total. The van der Waals surface area contributed by atoms with Crippen LogP contribution in [0.2, 0.25) is 0 Å². The first-order valence-corrected chi connectivity index (χ1v) is 11.7. The van der Waals surface area contributed by atoms with Gasteiger partial charge < -0.3 is 10.4 Å². The van der Waals surface area contributed by atoms with Crippen LogP contribution in [0.1, 0.15) is 23.1 Å². The predicted octanol–water partition coefficient (Wildman–Crippen LogP) is 3.33. The van der Waals surface area contributed by atoms with Gasteiger partial charge in [0.25, 0.3) is 11.8 Å². The van der Waals surface area contributed by atoms with Crippen LogP contribution in [-0.4, -0.2) is 51.1 Å². The maximum Gasteiger partial charge on any atom is 0.305 e. The van der Waals surface area contributed by atoms with Crippen molar-refractivity contribution < 1.29 is 24.3 Å². The van der Waals surface area contributed by atoms with Gasteiger partial charge in [-0.1, -0.05) is 60.4 Å². The number of hydrogen-bond acceptors (Lipinski definition) is 6. The summed E-state index contributed by atoms with van der Waals surface area (Å²) in [6, 6.07) is 12.6. The fraction of sp³-hybridized carbons (Fsp3) is 0.208. The molecular formula is C24H21N3O5S2. The zero-order valence-electron chi connectivity index (χ0n) is 18.5. The molecule has 0 bridgehead atoms. The molecule has 1 saturated heterocycles. The van der Waals surface area contributed by atoms with Crippen molar-refractivity contribution in [3.63, 3.8) is 0 Å². The summed E-state index contributed by atoms with van der Waals surface area (Å²) in [5.74, 6) is -2.39. The number of hydrogen-bond donors (Lipinski definition) is 2. The van der Waals surface area contributed by atoms with Crippen LogP contribution in [0.4, 0.5) is 11.4 Å². The van der Waals surface area contributed by atoms with Crippen molar-refractivity contribution in [3.8, 4) is 0 Å². The molecule has 10 heteroatoms. The number of carboxylic acids is 1. The Labute approximate surface area is 205 Å². The van der Waals surface area contributed by atoms with E-state index in [2.05, 4.69) is 5.32 Å². The smallest absolute Gasteiger partial charge is 0.305 e. The fourth-order valence-corrected chi connectivity index (χ4v) is 5.32. The number of aliphatic carboxylic acids is 1. The number of thioether (sulfide) groups is 1. The lowest BCUT2D eigenvalue weighted by Gasteiger charge is -2.18. The van der Waals surface area contributed by atoms with Crippen LogP contribution in [-0.2, 0) is 19.2 Å². The quantitative estimate of drug-likeness (QED) is 0.468.